The van der Waals surface area contributed by atoms with Crippen LogP contribution in [0, 0.1) is 0 Å². The van der Waals surface area contributed by atoms with Crippen molar-refractivity contribution in [2.24, 2.45) is 0 Å². The average molecular weight is 279 g/mol. The lowest BCUT2D eigenvalue weighted by atomic mass is 10.1. The van der Waals surface area contributed by atoms with Crippen LogP contribution in [0.1, 0.15) is 31.6 Å². The zero-order valence-electron chi connectivity index (χ0n) is 13.3. The van der Waals surface area contributed by atoms with Crippen molar-refractivity contribution in [1.82, 2.24) is 24.7 Å². The van der Waals surface area contributed by atoms with E-state index in [2.05, 4.69) is 51.9 Å². The summed E-state index contributed by atoms with van der Waals surface area (Å²) >= 11 is 0. The number of hydrogen-bond donors (Lipinski definition) is 1. The van der Waals surface area contributed by atoms with Crippen LogP contribution in [0.5, 0.6) is 0 Å². The molecule has 1 N–H and O–H groups in total. The summed E-state index contributed by atoms with van der Waals surface area (Å²) in [6.45, 7) is 6.67. The first-order valence-electron chi connectivity index (χ1n) is 7.74. The van der Waals surface area contributed by atoms with E-state index in [1.165, 1.54) is 18.8 Å². The van der Waals surface area contributed by atoms with Gasteiger partial charge in [0.25, 0.3) is 0 Å². The van der Waals surface area contributed by atoms with E-state index in [0.717, 1.165) is 26.1 Å². The third-order valence-corrected chi connectivity index (χ3v) is 4.30. The fourth-order valence-electron chi connectivity index (χ4n) is 3.19. The second kappa shape index (κ2) is 7.20. The third kappa shape index (κ3) is 3.40. The molecule has 5 heteroatoms. The Hall–Kier alpha value is -0.910. The normalized spacial score (nSPS) is 23.7. The summed E-state index contributed by atoms with van der Waals surface area (Å²) in [6.07, 6.45) is 6.41. The maximum absolute atomic E-state index is 4.63. The van der Waals surface area contributed by atoms with Crippen LogP contribution in [0.3, 0.4) is 0 Å². The molecule has 0 aromatic carbocycles. The summed E-state index contributed by atoms with van der Waals surface area (Å²) in [7, 11) is 6.51. The predicted octanol–water partition coefficient (Wildman–Crippen LogP) is 1.19. The minimum absolute atomic E-state index is 0.280. The highest BCUT2D eigenvalue weighted by Crippen LogP contribution is 2.22. The molecule has 0 radical (unpaired) electrons. The number of imidazole rings is 1. The first kappa shape index (κ1) is 15.5. The van der Waals surface area contributed by atoms with Crippen molar-refractivity contribution in [3.63, 3.8) is 0 Å². The number of hydrogen-bond acceptors (Lipinski definition) is 4. The lowest BCUT2D eigenvalue weighted by molar-refractivity contribution is 0.176. The molecule has 0 spiro atoms. The van der Waals surface area contributed by atoms with Gasteiger partial charge >= 0.3 is 0 Å². The molecule has 0 saturated carbocycles. The van der Waals surface area contributed by atoms with E-state index in [-0.39, 0.29) is 6.04 Å². The smallest absolute Gasteiger partial charge is 0.127 e. The molecule has 1 aromatic heterocycles. The van der Waals surface area contributed by atoms with Gasteiger partial charge in [0.1, 0.15) is 5.82 Å². The largest absolute Gasteiger partial charge is 0.334 e. The van der Waals surface area contributed by atoms with Crippen molar-refractivity contribution in [2.75, 3.05) is 40.8 Å². The van der Waals surface area contributed by atoms with E-state index in [9.17, 15) is 0 Å². The Morgan fingerprint density at radius 1 is 1.40 bits per heavy atom. The molecule has 0 amide bonds. The molecular formula is C15H29N5. The molecule has 2 rings (SSSR count). The van der Waals surface area contributed by atoms with E-state index in [4.69, 9.17) is 0 Å². The fraction of sp³-hybridized carbons (Fsp3) is 0.800. The van der Waals surface area contributed by atoms with Crippen molar-refractivity contribution in [1.29, 1.82) is 0 Å². The van der Waals surface area contributed by atoms with Crippen LogP contribution in [0.2, 0.25) is 0 Å². The lowest BCUT2D eigenvalue weighted by Gasteiger charge is -2.34. The van der Waals surface area contributed by atoms with Gasteiger partial charge in [0.15, 0.2) is 0 Å². The summed E-state index contributed by atoms with van der Waals surface area (Å²) in [5, 5.41) is 3.50. The summed E-state index contributed by atoms with van der Waals surface area (Å²) in [5.74, 6) is 1.17. The molecule has 1 fully saturated rings. The Morgan fingerprint density at radius 2 is 2.20 bits per heavy atom. The van der Waals surface area contributed by atoms with Crippen molar-refractivity contribution < 1.29 is 0 Å². The molecule has 5 nitrogen and oxygen atoms in total. The van der Waals surface area contributed by atoms with Crippen LogP contribution in [0.4, 0.5) is 0 Å². The third-order valence-electron chi connectivity index (χ3n) is 4.30. The van der Waals surface area contributed by atoms with Gasteiger partial charge < -0.3 is 19.7 Å². The van der Waals surface area contributed by atoms with E-state index < -0.39 is 0 Å². The zero-order valence-corrected chi connectivity index (χ0v) is 13.3. The molecule has 2 heterocycles. The number of nitrogens with zero attached hydrogens (tertiary/aromatic N) is 4. The van der Waals surface area contributed by atoms with Crippen molar-refractivity contribution >= 4 is 0 Å². The molecule has 1 aliphatic heterocycles. The summed E-state index contributed by atoms with van der Waals surface area (Å²) < 4.78 is 2.29. The summed E-state index contributed by atoms with van der Waals surface area (Å²) in [4.78, 5) is 9.54. The highest BCUT2D eigenvalue weighted by molar-refractivity contribution is 5.05. The summed E-state index contributed by atoms with van der Waals surface area (Å²) in [6, 6.07) is 0.743. The Balaban J connectivity index is 2.22. The number of aryl methyl sites for hydroxylation is 1. The predicted molar refractivity (Wildman–Crippen MR) is 82.9 cm³/mol. The van der Waals surface area contributed by atoms with Gasteiger partial charge in [-0.05, 0) is 47.1 Å². The maximum atomic E-state index is 4.63. The van der Waals surface area contributed by atoms with E-state index in [1.807, 2.05) is 13.2 Å². The van der Waals surface area contributed by atoms with Gasteiger partial charge in [0, 0.05) is 31.5 Å². The van der Waals surface area contributed by atoms with Crippen molar-refractivity contribution in [2.45, 2.75) is 38.4 Å². The molecule has 114 valence electrons. The first-order chi connectivity index (χ1) is 9.67. The van der Waals surface area contributed by atoms with Gasteiger partial charge in [0.2, 0.25) is 0 Å². The van der Waals surface area contributed by atoms with Gasteiger partial charge in [-0.3, -0.25) is 0 Å². The molecule has 1 aliphatic rings. The van der Waals surface area contributed by atoms with Crippen LogP contribution in [0.25, 0.3) is 0 Å². The van der Waals surface area contributed by atoms with Gasteiger partial charge in [-0.1, -0.05) is 6.92 Å². The Labute approximate surface area is 123 Å². The molecule has 1 saturated heterocycles. The van der Waals surface area contributed by atoms with Gasteiger partial charge in [-0.15, -0.1) is 0 Å². The molecule has 2 unspecified atom stereocenters. The number of likely N-dealkylation sites (N-methyl/N-ethyl adjacent to an activating group) is 3. The van der Waals surface area contributed by atoms with E-state index >= 15 is 0 Å². The molecule has 0 aliphatic carbocycles. The monoisotopic (exact) mass is 279 g/mol. The van der Waals surface area contributed by atoms with Crippen LogP contribution in [-0.2, 0) is 6.54 Å². The van der Waals surface area contributed by atoms with Crippen LogP contribution in [-0.4, -0.2) is 66.2 Å². The average Bonchev–Trinajstić information content (AvgIpc) is 2.80. The van der Waals surface area contributed by atoms with E-state index in [1.54, 1.807) is 0 Å². The van der Waals surface area contributed by atoms with Crippen molar-refractivity contribution in [3.8, 4) is 0 Å². The SMILES string of the molecule is CCCn1ccnc1C(NC)C1CN(C)CCCN1C. The molecular weight excluding hydrogens is 250 g/mol. The second-order valence-corrected chi connectivity index (χ2v) is 5.91. The molecule has 20 heavy (non-hydrogen) atoms. The van der Waals surface area contributed by atoms with Crippen LogP contribution in [0.15, 0.2) is 12.4 Å². The Morgan fingerprint density at radius 3 is 2.90 bits per heavy atom. The number of aromatic nitrogens is 2. The minimum atomic E-state index is 0.280. The minimum Gasteiger partial charge on any atom is -0.334 e. The molecule has 1 aromatic rings. The van der Waals surface area contributed by atoms with Gasteiger partial charge in [-0.25, -0.2) is 4.98 Å². The van der Waals surface area contributed by atoms with Gasteiger partial charge in [0.05, 0.1) is 6.04 Å². The standard InChI is InChI=1S/C15H29N5/c1-5-8-20-11-7-17-15(20)14(16-2)13-12-18(3)9-6-10-19(13)4/h7,11,13-14,16H,5-6,8-10,12H2,1-4H3. The van der Waals surface area contributed by atoms with Crippen molar-refractivity contribution in [3.05, 3.63) is 18.2 Å². The topological polar surface area (TPSA) is 36.3 Å². The maximum Gasteiger partial charge on any atom is 0.127 e. The summed E-state index contributed by atoms with van der Waals surface area (Å²) in [5.41, 5.74) is 0. The highest BCUT2D eigenvalue weighted by atomic mass is 15.3. The number of rotatable bonds is 5. The lowest BCUT2D eigenvalue weighted by Crippen LogP contribution is -2.47. The second-order valence-electron chi connectivity index (χ2n) is 5.91. The van der Waals surface area contributed by atoms with Gasteiger partial charge in [-0.2, -0.15) is 0 Å². The van der Waals surface area contributed by atoms with Crippen LogP contribution < -0.4 is 5.32 Å². The highest BCUT2D eigenvalue weighted by Gasteiger charge is 2.31. The number of nitrogens with one attached hydrogen (secondary N) is 1. The zero-order chi connectivity index (χ0) is 14.5. The fourth-order valence-corrected chi connectivity index (χ4v) is 3.19. The van der Waals surface area contributed by atoms with Crippen LogP contribution >= 0.6 is 0 Å². The molecule has 0 bridgehead atoms. The Bertz CT molecular complexity index is 403. The van der Waals surface area contributed by atoms with E-state index in [0.29, 0.717) is 6.04 Å². The first-order valence-corrected chi connectivity index (χ1v) is 7.74. The quantitative estimate of drug-likeness (QED) is 0.878. The Kier molecular flexibility index (Phi) is 5.57. The molecule has 2 atom stereocenters.